The monoisotopic (exact) mass is 343 g/mol. The van der Waals surface area contributed by atoms with Crippen LogP contribution in [-0.2, 0) is 4.74 Å². The Morgan fingerprint density at radius 2 is 1.88 bits per heavy atom. The maximum atomic E-state index is 12.1. The zero-order chi connectivity index (χ0) is 19.1. The van der Waals surface area contributed by atoms with Crippen molar-refractivity contribution < 1.29 is 9.53 Å². The second-order valence-electron chi connectivity index (χ2n) is 5.53. The largest absolute Gasteiger partial charge is 0.465 e. The minimum atomic E-state index is -0.430. The predicted octanol–water partition coefficient (Wildman–Crippen LogP) is 5.49. The first-order valence-electron chi connectivity index (χ1n) is 8.01. The summed E-state index contributed by atoms with van der Waals surface area (Å²) in [5.74, 6) is -0.430. The Kier molecular flexibility index (Phi) is 6.23. The van der Waals surface area contributed by atoms with Crippen molar-refractivity contribution in [2.24, 2.45) is 0 Å². The van der Waals surface area contributed by atoms with Crippen LogP contribution in [-0.4, -0.2) is 18.1 Å². The number of allylic oxidation sites excluding steroid dienone is 5. The molecule has 0 spiro atoms. The predicted molar refractivity (Wildman–Crippen MR) is 109 cm³/mol. The lowest BCUT2D eigenvalue weighted by atomic mass is 10.0. The maximum absolute atomic E-state index is 12.1. The van der Waals surface area contributed by atoms with Crippen LogP contribution >= 0.6 is 0 Å². The molecule has 3 nitrogen and oxygen atoms in total. The van der Waals surface area contributed by atoms with Crippen molar-refractivity contribution in [3.63, 3.8) is 0 Å². The number of hydrogen-bond acceptors (Lipinski definition) is 3. The van der Waals surface area contributed by atoms with Gasteiger partial charge in [-0.15, -0.1) is 0 Å². The molecule has 0 radical (unpaired) electrons. The average Bonchev–Trinajstić information content (AvgIpc) is 2.70. The summed E-state index contributed by atoms with van der Waals surface area (Å²) in [6.07, 6.45) is 6.88. The van der Waals surface area contributed by atoms with E-state index in [1.165, 1.54) is 7.11 Å². The zero-order valence-corrected chi connectivity index (χ0v) is 14.9. The van der Waals surface area contributed by atoms with E-state index in [0.717, 1.165) is 22.3 Å². The molecule has 0 saturated carbocycles. The number of benzene rings is 1. The summed E-state index contributed by atoms with van der Waals surface area (Å²) in [4.78, 5) is 16.8. The number of nitrogens with zero attached hydrogens (tertiary/aromatic N) is 1. The number of carbonyl (C=O) groups is 1. The van der Waals surface area contributed by atoms with E-state index in [1.54, 1.807) is 30.4 Å². The number of carbonyl (C=O) groups excluding carboxylic acids is 1. The van der Waals surface area contributed by atoms with Gasteiger partial charge < -0.3 is 4.74 Å². The molecule has 130 valence electrons. The highest BCUT2D eigenvalue weighted by atomic mass is 16.5. The van der Waals surface area contributed by atoms with Gasteiger partial charge >= 0.3 is 5.97 Å². The first-order chi connectivity index (χ1) is 12.5. The van der Waals surface area contributed by atoms with Crippen LogP contribution in [0.2, 0.25) is 0 Å². The van der Waals surface area contributed by atoms with Gasteiger partial charge in [-0.3, -0.25) is 0 Å². The van der Waals surface area contributed by atoms with Crippen molar-refractivity contribution in [2.45, 2.75) is 0 Å². The van der Waals surface area contributed by atoms with E-state index in [2.05, 4.69) is 26.3 Å². The number of methoxy groups -OCH3 is 1. The molecule has 1 heterocycles. The van der Waals surface area contributed by atoms with Crippen LogP contribution in [0.4, 0.5) is 0 Å². The van der Waals surface area contributed by atoms with Gasteiger partial charge in [0.2, 0.25) is 0 Å². The van der Waals surface area contributed by atoms with Gasteiger partial charge in [-0.1, -0.05) is 62.7 Å². The second-order valence-corrected chi connectivity index (χ2v) is 5.53. The first-order valence-corrected chi connectivity index (χ1v) is 8.01. The van der Waals surface area contributed by atoms with E-state index in [-0.39, 0.29) is 0 Å². The highest BCUT2D eigenvalue weighted by Gasteiger charge is 2.13. The Morgan fingerprint density at radius 3 is 2.50 bits per heavy atom. The molecule has 26 heavy (non-hydrogen) atoms. The minimum absolute atomic E-state index is 0.411. The molecule has 0 aliphatic carbocycles. The van der Waals surface area contributed by atoms with Crippen molar-refractivity contribution in [1.29, 1.82) is 0 Å². The summed E-state index contributed by atoms with van der Waals surface area (Å²) >= 11 is 0. The summed E-state index contributed by atoms with van der Waals surface area (Å²) in [5.41, 5.74) is 4.97. The van der Waals surface area contributed by atoms with Gasteiger partial charge in [0.25, 0.3) is 0 Å². The van der Waals surface area contributed by atoms with Crippen molar-refractivity contribution >= 4 is 17.6 Å². The summed E-state index contributed by atoms with van der Waals surface area (Å²) < 4.78 is 4.88. The Morgan fingerprint density at radius 1 is 1.12 bits per heavy atom. The molecular weight excluding hydrogens is 322 g/mol. The molecule has 3 heteroatoms. The summed E-state index contributed by atoms with van der Waals surface area (Å²) in [5, 5.41) is 0. The fourth-order valence-corrected chi connectivity index (χ4v) is 2.38. The van der Waals surface area contributed by atoms with Crippen LogP contribution in [0.5, 0.6) is 0 Å². The van der Waals surface area contributed by atoms with Gasteiger partial charge in [0, 0.05) is 11.1 Å². The highest BCUT2D eigenvalue weighted by Crippen LogP contribution is 2.25. The van der Waals surface area contributed by atoms with E-state index in [0.29, 0.717) is 17.0 Å². The highest BCUT2D eigenvalue weighted by molar-refractivity contribution is 5.92. The fraction of sp³-hybridized carbons (Fsp3) is 0.0435. The molecule has 0 aliphatic rings. The van der Waals surface area contributed by atoms with Crippen LogP contribution in [0.25, 0.3) is 22.9 Å². The molecule has 0 atom stereocenters. The van der Waals surface area contributed by atoms with E-state index < -0.39 is 5.97 Å². The molecule has 0 amide bonds. The molecule has 1 aromatic carbocycles. The van der Waals surface area contributed by atoms with Gasteiger partial charge in [-0.2, -0.15) is 0 Å². The molecule has 0 unspecified atom stereocenters. The van der Waals surface area contributed by atoms with Crippen molar-refractivity contribution in [1.82, 2.24) is 4.98 Å². The van der Waals surface area contributed by atoms with E-state index in [1.807, 2.05) is 30.3 Å². The SMILES string of the molecule is C=CC(=C)/C=C(\C=C)c1cc(C(=O)OC)cc(-c2cccc(C=C)c2)n1. The molecule has 0 fully saturated rings. The summed E-state index contributed by atoms with van der Waals surface area (Å²) in [7, 11) is 1.35. The van der Waals surface area contributed by atoms with Crippen LogP contribution in [0, 0.1) is 0 Å². The molecule has 0 N–H and O–H groups in total. The topological polar surface area (TPSA) is 39.2 Å². The van der Waals surface area contributed by atoms with Gasteiger partial charge in [-0.05, 0) is 35.4 Å². The molecular formula is C23H21NO2. The van der Waals surface area contributed by atoms with Crippen molar-refractivity contribution in [2.75, 3.05) is 7.11 Å². The molecule has 2 aromatic rings. The zero-order valence-electron chi connectivity index (χ0n) is 14.9. The Hall–Kier alpha value is -3.46. The lowest BCUT2D eigenvalue weighted by molar-refractivity contribution is 0.0600. The normalized spacial score (nSPS) is 10.7. The first kappa shape index (κ1) is 18.9. The van der Waals surface area contributed by atoms with Gasteiger partial charge in [-0.25, -0.2) is 9.78 Å². The van der Waals surface area contributed by atoms with Crippen LogP contribution in [0.3, 0.4) is 0 Å². The Balaban J connectivity index is 2.69. The number of aromatic nitrogens is 1. The third-order valence-corrected chi connectivity index (χ3v) is 3.78. The van der Waals surface area contributed by atoms with Crippen LogP contribution in [0.1, 0.15) is 21.6 Å². The van der Waals surface area contributed by atoms with Gasteiger partial charge in [0.15, 0.2) is 0 Å². The Labute approximate surface area is 154 Å². The van der Waals surface area contributed by atoms with Crippen LogP contribution < -0.4 is 0 Å². The molecule has 2 rings (SSSR count). The standard InChI is InChI=1S/C23H21NO2/c1-6-16(4)12-18(8-3)21-14-20(23(25)26-5)15-22(24-21)19-11-9-10-17(7-2)13-19/h6-15H,1-4H2,5H3/b18-12+. The molecule has 0 aliphatic heterocycles. The number of ether oxygens (including phenoxy) is 1. The van der Waals surface area contributed by atoms with Crippen molar-refractivity contribution in [3.05, 3.63) is 103 Å². The third kappa shape index (κ3) is 4.33. The second kappa shape index (κ2) is 8.58. The van der Waals surface area contributed by atoms with E-state index in [9.17, 15) is 4.79 Å². The van der Waals surface area contributed by atoms with Crippen LogP contribution in [0.15, 0.2) is 86.5 Å². The smallest absolute Gasteiger partial charge is 0.338 e. The minimum Gasteiger partial charge on any atom is -0.465 e. The summed E-state index contributed by atoms with van der Waals surface area (Å²) in [6.45, 7) is 15.2. The maximum Gasteiger partial charge on any atom is 0.338 e. The fourth-order valence-electron chi connectivity index (χ4n) is 2.38. The molecule has 1 aromatic heterocycles. The lowest BCUT2D eigenvalue weighted by Gasteiger charge is -2.10. The lowest BCUT2D eigenvalue weighted by Crippen LogP contribution is -2.04. The van der Waals surface area contributed by atoms with E-state index >= 15 is 0 Å². The quantitative estimate of drug-likeness (QED) is 0.493. The van der Waals surface area contributed by atoms with Gasteiger partial charge in [0.1, 0.15) is 0 Å². The molecule has 0 saturated heterocycles. The van der Waals surface area contributed by atoms with Crippen molar-refractivity contribution in [3.8, 4) is 11.3 Å². The Bertz CT molecular complexity index is 920. The number of esters is 1. The number of hydrogen-bond donors (Lipinski definition) is 0. The van der Waals surface area contributed by atoms with Gasteiger partial charge in [0.05, 0.1) is 24.1 Å². The van der Waals surface area contributed by atoms with E-state index in [4.69, 9.17) is 9.72 Å². The average molecular weight is 343 g/mol. The number of rotatable bonds is 7. The third-order valence-electron chi connectivity index (χ3n) is 3.78. The molecule has 0 bridgehead atoms. The number of pyridine rings is 1. The summed E-state index contributed by atoms with van der Waals surface area (Å²) in [6, 6.07) is 11.1.